The van der Waals surface area contributed by atoms with Crippen molar-refractivity contribution >= 4 is 64.6 Å². The summed E-state index contributed by atoms with van der Waals surface area (Å²) in [4.78, 5) is 15.1. The Bertz CT molecular complexity index is 3110. The maximum Gasteiger partial charge on any atom is 0.163 e. The lowest BCUT2D eigenvalue weighted by molar-refractivity contribution is 0.670. The maximum atomic E-state index is 6.78. The van der Waals surface area contributed by atoms with Gasteiger partial charge in [-0.3, -0.25) is 0 Å². The molecule has 9 aromatic rings. The molecule has 0 saturated heterocycles. The zero-order chi connectivity index (χ0) is 37.0. The number of para-hydroxylation sites is 1. The van der Waals surface area contributed by atoms with E-state index in [-0.39, 0.29) is 5.92 Å². The highest BCUT2D eigenvalue weighted by Gasteiger charge is 2.22. The normalized spacial score (nSPS) is 15.5. The van der Waals surface area contributed by atoms with E-state index < -0.39 is 0 Å². The minimum absolute atomic E-state index is 0.115. The van der Waals surface area contributed by atoms with Crippen molar-refractivity contribution in [2.45, 2.75) is 25.2 Å². The molecule has 2 aliphatic carbocycles. The summed E-state index contributed by atoms with van der Waals surface area (Å²) in [7, 11) is 0. The molecule has 3 aromatic heterocycles. The average molecular weight is 738 g/mol. The van der Waals surface area contributed by atoms with Gasteiger partial charge in [0.2, 0.25) is 0 Å². The van der Waals surface area contributed by atoms with Crippen LogP contribution in [0.5, 0.6) is 0 Å². The van der Waals surface area contributed by atoms with E-state index in [1.54, 1.807) is 0 Å². The number of allylic oxidation sites excluding steroid dienone is 8. The number of hydrogen-bond acceptors (Lipinski definition) is 5. The zero-order valence-corrected chi connectivity index (χ0v) is 31.3. The second kappa shape index (κ2) is 13.6. The molecule has 1 unspecified atom stereocenters. The van der Waals surface area contributed by atoms with Gasteiger partial charge in [0, 0.05) is 53.6 Å². The second-order valence-electron chi connectivity index (χ2n) is 14.6. The van der Waals surface area contributed by atoms with Crippen LogP contribution >= 0.6 is 11.3 Å². The first kappa shape index (κ1) is 32.7. The highest BCUT2D eigenvalue weighted by molar-refractivity contribution is 7.25. The van der Waals surface area contributed by atoms with Gasteiger partial charge in [-0.2, -0.15) is 0 Å². The molecule has 4 nitrogen and oxygen atoms in total. The van der Waals surface area contributed by atoms with Crippen molar-refractivity contribution in [3.63, 3.8) is 0 Å². The molecule has 0 saturated carbocycles. The molecule has 0 bridgehead atoms. The number of furan rings is 1. The van der Waals surface area contributed by atoms with Gasteiger partial charge in [0.15, 0.2) is 11.6 Å². The minimum Gasteiger partial charge on any atom is -0.455 e. The number of hydrogen-bond donors (Lipinski definition) is 0. The third-order valence-corrected chi connectivity index (χ3v) is 12.3. The number of thiophene rings is 1. The summed E-state index contributed by atoms with van der Waals surface area (Å²) in [6.45, 7) is 0. The fourth-order valence-corrected chi connectivity index (χ4v) is 9.47. The van der Waals surface area contributed by atoms with E-state index in [0.717, 1.165) is 69.3 Å². The second-order valence-corrected chi connectivity index (χ2v) is 15.7. The Kier molecular flexibility index (Phi) is 7.92. The lowest BCUT2D eigenvalue weighted by Gasteiger charge is -2.17. The average Bonchev–Trinajstić information content (AvgIpc) is 3.85. The zero-order valence-electron chi connectivity index (χ0n) is 30.5. The molecule has 0 spiro atoms. The van der Waals surface area contributed by atoms with Gasteiger partial charge in [0.1, 0.15) is 17.0 Å². The van der Waals surface area contributed by atoms with Crippen LogP contribution in [0.2, 0.25) is 0 Å². The molecule has 11 rings (SSSR count). The first-order chi connectivity index (χ1) is 27.7. The smallest absolute Gasteiger partial charge is 0.163 e. The Morgan fingerprint density at radius 3 is 2.25 bits per heavy atom. The van der Waals surface area contributed by atoms with E-state index >= 15 is 0 Å². The third-order valence-electron chi connectivity index (χ3n) is 11.1. The van der Waals surface area contributed by atoms with Gasteiger partial charge in [-0.15, -0.1) is 11.3 Å². The predicted octanol–water partition coefficient (Wildman–Crippen LogP) is 14.0. The van der Waals surface area contributed by atoms with Gasteiger partial charge < -0.3 is 4.42 Å². The Morgan fingerprint density at radius 1 is 0.589 bits per heavy atom. The quantitative estimate of drug-likeness (QED) is 0.170. The van der Waals surface area contributed by atoms with E-state index in [2.05, 4.69) is 152 Å². The van der Waals surface area contributed by atoms with Crippen LogP contribution in [0.15, 0.2) is 174 Å². The molecule has 6 aromatic carbocycles. The van der Waals surface area contributed by atoms with Crippen LogP contribution in [0.3, 0.4) is 0 Å². The summed E-state index contributed by atoms with van der Waals surface area (Å²) in [5.74, 6) is 2.34. The Hall–Kier alpha value is -6.69. The van der Waals surface area contributed by atoms with E-state index in [0.29, 0.717) is 11.6 Å². The number of benzene rings is 6. The molecule has 0 amide bonds. The van der Waals surface area contributed by atoms with Crippen molar-refractivity contribution in [2.24, 2.45) is 0 Å². The van der Waals surface area contributed by atoms with E-state index in [1.807, 2.05) is 29.5 Å². The van der Waals surface area contributed by atoms with Crippen LogP contribution in [-0.4, -0.2) is 15.0 Å². The van der Waals surface area contributed by atoms with Gasteiger partial charge >= 0.3 is 0 Å². The highest BCUT2D eigenvalue weighted by Crippen LogP contribution is 2.44. The minimum atomic E-state index is 0.115. The van der Waals surface area contributed by atoms with Crippen LogP contribution in [0.1, 0.15) is 42.4 Å². The van der Waals surface area contributed by atoms with Gasteiger partial charge in [0.05, 0.1) is 0 Å². The standard InChI is InChI=1S/C51H35N3OS/c1-4-13-32(14-5-1)35-26-28-45-43(30-35)41-27-25-37(31-46(41)56-45)40-22-11-23-42-47-39(21-12-24-44(47)55-48(40)42)36-19-10-20-38(29-36)51-53-49(33-15-6-2-7-16-33)52-50(54-51)34-17-8-3-9-18-34/h1-9,11-17,20-31,34H,10,18-19H2. The van der Waals surface area contributed by atoms with Crippen molar-refractivity contribution in [2.75, 3.05) is 0 Å². The molecule has 0 radical (unpaired) electrons. The molecule has 0 fully saturated rings. The number of aromatic nitrogens is 3. The fraction of sp³-hybridized carbons (Fsp3) is 0.0784. The number of fused-ring (bicyclic) bond motifs is 6. The predicted molar refractivity (Wildman–Crippen MR) is 234 cm³/mol. The summed E-state index contributed by atoms with van der Waals surface area (Å²) in [6, 6.07) is 47.5. The number of rotatable bonds is 6. The molecular formula is C51H35N3OS. The summed E-state index contributed by atoms with van der Waals surface area (Å²) in [5, 5.41) is 4.85. The molecule has 5 heteroatoms. The molecule has 266 valence electrons. The van der Waals surface area contributed by atoms with Gasteiger partial charge in [0.25, 0.3) is 0 Å². The van der Waals surface area contributed by atoms with Gasteiger partial charge in [-0.1, -0.05) is 140 Å². The Labute approximate surface area is 328 Å². The lowest BCUT2D eigenvalue weighted by atomic mass is 9.90. The van der Waals surface area contributed by atoms with E-state index in [4.69, 9.17) is 19.4 Å². The molecular weight excluding hydrogens is 703 g/mol. The topological polar surface area (TPSA) is 51.8 Å². The van der Waals surface area contributed by atoms with Crippen LogP contribution in [0.4, 0.5) is 0 Å². The van der Waals surface area contributed by atoms with Gasteiger partial charge in [-0.25, -0.2) is 15.0 Å². The van der Waals surface area contributed by atoms with Crippen molar-refractivity contribution in [3.05, 3.63) is 187 Å². The SMILES string of the molecule is C1=CCC(c2nc(C3=CCCC(c4cccc5oc6c(-c7ccc8c(c7)sc7ccc(-c9ccccc9)cc78)cccc6c45)=C3)nc(-c3ccccc3)n2)C=C1. The number of nitrogens with zero attached hydrogens (tertiary/aromatic N) is 3. The summed E-state index contributed by atoms with van der Waals surface area (Å²) < 4.78 is 9.35. The fourth-order valence-electron chi connectivity index (χ4n) is 8.34. The van der Waals surface area contributed by atoms with Crippen molar-refractivity contribution in [3.8, 4) is 33.6 Å². The van der Waals surface area contributed by atoms with Crippen molar-refractivity contribution in [1.82, 2.24) is 15.0 Å². The molecule has 3 heterocycles. The maximum absolute atomic E-state index is 6.78. The largest absolute Gasteiger partial charge is 0.455 e. The summed E-state index contributed by atoms with van der Waals surface area (Å²) in [5.41, 5.74) is 11.0. The van der Waals surface area contributed by atoms with Crippen molar-refractivity contribution < 1.29 is 4.42 Å². The third kappa shape index (κ3) is 5.71. The van der Waals surface area contributed by atoms with Crippen LogP contribution in [-0.2, 0) is 0 Å². The molecule has 1 atom stereocenters. The first-order valence-electron chi connectivity index (χ1n) is 19.3. The van der Waals surface area contributed by atoms with E-state index in [1.165, 1.54) is 42.4 Å². The van der Waals surface area contributed by atoms with Crippen molar-refractivity contribution in [1.29, 1.82) is 0 Å². The summed E-state index contributed by atoms with van der Waals surface area (Å²) in [6.07, 6.45) is 15.8. The van der Waals surface area contributed by atoms with Crippen LogP contribution in [0.25, 0.3) is 86.9 Å². The van der Waals surface area contributed by atoms with E-state index in [9.17, 15) is 0 Å². The molecule has 2 aliphatic rings. The lowest BCUT2D eigenvalue weighted by Crippen LogP contribution is -2.09. The molecule has 56 heavy (non-hydrogen) atoms. The van der Waals surface area contributed by atoms with Gasteiger partial charge in [-0.05, 0) is 77.4 Å². The molecule has 0 aliphatic heterocycles. The van der Waals surface area contributed by atoms with Crippen LogP contribution in [0, 0.1) is 0 Å². The van der Waals surface area contributed by atoms with Crippen LogP contribution < -0.4 is 0 Å². The Morgan fingerprint density at radius 2 is 1.39 bits per heavy atom. The first-order valence-corrected chi connectivity index (χ1v) is 20.1. The Balaban J connectivity index is 0.990. The summed E-state index contributed by atoms with van der Waals surface area (Å²) >= 11 is 1.85. The highest BCUT2D eigenvalue weighted by atomic mass is 32.1. The molecule has 0 N–H and O–H groups in total. The monoisotopic (exact) mass is 737 g/mol.